The lowest BCUT2D eigenvalue weighted by Crippen LogP contribution is -2.10. The van der Waals surface area contributed by atoms with Gasteiger partial charge in [-0.15, -0.1) is 0 Å². The molecule has 1 aromatic heterocycles. The van der Waals surface area contributed by atoms with Gasteiger partial charge in [-0.3, -0.25) is 0 Å². The van der Waals surface area contributed by atoms with Crippen molar-refractivity contribution in [2.45, 2.75) is 33.4 Å². The zero-order chi connectivity index (χ0) is 15.4. The molecule has 0 aliphatic rings. The van der Waals surface area contributed by atoms with Gasteiger partial charge in [-0.05, 0) is 44.0 Å². The minimum Gasteiger partial charge on any atom is -0.435 e. The molecule has 1 N–H and O–H groups in total. The number of anilines is 1. The summed E-state index contributed by atoms with van der Waals surface area (Å²) in [5.74, 6) is 0.682. The molecule has 21 heavy (non-hydrogen) atoms. The van der Waals surface area contributed by atoms with E-state index in [1.165, 1.54) is 12.1 Å². The quantitative estimate of drug-likeness (QED) is 0.909. The maximum absolute atomic E-state index is 12.1. The third-order valence-corrected chi connectivity index (χ3v) is 3.18. The lowest BCUT2D eigenvalue weighted by atomic mass is 10.1. The maximum Gasteiger partial charge on any atom is 0.387 e. The minimum absolute atomic E-state index is 0.0484. The molecule has 1 atom stereocenters. The molecule has 0 radical (unpaired) electrons. The van der Waals surface area contributed by atoms with E-state index in [9.17, 15) is 8.78 Å². The van der Waals surface area contributed by atoms with Crippen LogP contribution in [0.4, 0.5) is 14.7 Å². The van der Waals surface area contributed by atoms with Crippen LogP contribution >= 0.6 is 0 Å². The summed E-state index contributed by atoms with van der Waals surface area (Å²) in [5, 5.41) is 3.18. The number of aromatic nitrogens is 2. The van der Waals surface area contributed by atoms with Gasteiger partial charge in [0, 0.05) is 11.9 Å². The summed E-state index contributed by atoms with van der Waals surface area (Å²) in [4.78, 5) is 8.56. The zero-order valence-corrected chi connectivity index (χ0v) is 12.1. The van der Waals surface area contributed by atoms with E-state index >= 15 is 0 Å². The van der Waals surface area contributed by atoms with Crippen molar-refractivity contribution < 1.29 is 13.5 Å². The van der Waals surface area contributed by atoms with Crippen molar-refractivity contribution in [1.82, 2.24) is 9.97 Å². The Labute approximate surface area is 122 Å². The summed E-state index contributed by atoms with van der Waals surface area (Å²) in [6.07, 6.45) is 1.76. The van der Waals surface area contributed by atoms with Crippen molar-refractivity contribution in [2.75, 3.05) is 5.32 Å². The molecule has 0 aliphatic heterocycles. The number of benzene rings is 1. The molecule has 0 saturated carbocycles. The average molecular weight is 293 g/mol. The molecule has 112 valence electrons. The van der Waals surface area contributed by atoms with Crippen LogP contribution in [0.25, 0.3) is 0 Å². The Balaban J connectivity index is 2.05. The van der Waals surface area contributed by atoms with Crippen LogP contribution in [-0.4, -0.2) is 16.6 Å². The number of rotatable bonds is 5. The number of alkyl halides is 2. The van der Waals surface area contributed by atoms with Crippen LogP contribution in [0.5, 0.6) is 5.75 Å². The summed E-state index contributed by atoms with van der Waals surface area (Å²) in [6, 6.07) is 6.45. The molecule has 0 spiro atoms. The van der Waals surface area contributed by atoms with Gasteiger partial charge in [0.15, 0.2) is 0 Å². The second-order valence-electron chi connectivity index (χ2n) is 4.78. The number of ether oxygens (including phenoxy) is 1. The highest BCUT2D eigenvalue weighted by Gasteiger charge is 2.09. The summed E-state index contributed by atoms with van der Waals surface area (Å²) in [7, 11) is 0. The van der Waals surface area contributed by atoms with Gasteiger partial charge in [0.05, 0.1) is 6.04 Å². The van der Waals surface area contributed by atoms with Crippen molar-refractivity contribution >= 4 is 5.95 Å². The fourth-order valence-electron chi connectivity index (χ4n) is 1.81. The topological polar surface area (TPSA) is 47.0 Å². The molecule has 2 aromatic rings. The molecule has 0 aliphatic carbocycles. The van der Waals surface area contributed by atoms with Crippen LogP contribution in [0.2, 0.25) is 0 Å². The molecular formula is C15H17F2N3O. The van der Waals surface area contributed by atoms with E-state index < -0.39 is 6.61 Å². The SMILES string of the molecule is Cc1cnc(NC(C)c2ccc(OC(F)F)cc2)nc1C. The Morgan fingerprint density at radius 2 is 1.81 bits per heavy atom. The Morgan fingerprint density at radius 3 is 2.38 bits per heavy atom. The lowest BCUT2D eigenvalue weighted by Gasteiger charge is -2.15. The first-order valence-corrected chi connectivity index (χ1v) is 6.57. The summed E-state index contributed by atoms with van der Waals surface area (Å²) < 4.78 is 28.5. The molecule has 1 heterocycles. The van der Waals surface area contributed by atoms with Crippen LogP contribution in [0.3, 0.4) is 0 Å². The molecule has 0 fully saturated rings. The number of hydrogen-bond donors (Lipinski definition) is 1. The van der Waals surface area contributed by atoms with Gasteiger partial charge in [0.2, 0.25) is 5.95 Å². The molecule has 4 nitrogen and oxygen atoms in total. The molecule has 0 bridgehead atoms. The number of halogens is 2. The number of nitrogens with zero attached hydrogens (tertiary/aromatic N) is 2. The van der Waals surface area contributed by atoms with Crippen LogP contribution in [0, 0.1) is 13.8 Å². The highest BCUT2D eigenvalue weighted by atomic mass is 19.3. The van der Waals surface area contributed by atoms with Gasteiger partial charge < -0.3 is 10.1 Å². The molecular weight excluding hydrogens is 276 g/mol. The van der Waals surface area contributed by atoms with Crippen LogP contribution in [0.15, 0.2) is 30.5 Å². The average Bonchev–Trinajstić information content (AvgIpc) is 2.43. The van der Waals surface area contributed by atoms with E-state index in [1.807, 2.05) is 20.8 Å². The second kappa shape index (κ2) is 6.47. The zero-order valence-electron chi connectivity index (χ0n) is 12.1. The predicted octanol–water partition coefficient (Wildman–Crippen LogP) is 3.87. The standard InChI is InChI=1S/C15H17F2N3O/c1-9-8-18-15(19-10(9)2)20-11(3)12-4-6-13(7-5-12)21-14(16)17/h4-8,11,14H,1-3H3,(H,18,19,20). The Hall–Kier alpha value is -2.24. The van der Waals surface area contributed by atoms with Crippen molar-refractivity contribution in [2.24, 2.45) is 0 Å². The van der Waals surface area contributed by atoms with Crippen LogP contribution < -0.4 is 10.1 Å². The fraction of sp³-hybridized carbons (Fsp3) is 0.333. The largest absolute Gasteiger partial charge is 0.435 e. The highest BCUT2D eigenvalue weighted by molar-refractivity contribution is 5.35. The van der Waals surface area contributed by atoms with E-state index in [0.717, 1.165) is 16.8 Å². The minimum atomic E-state index is -2.81. The molecule has 0 saturated heterocycles. The van der Waals surface area contributed by atoms with Gasteiger partial charge >= 0.3 is 6.61 Å². The molecule has 1 aromatic carbocycles. The van der Waals surface area contributed by atoms with Crippen molar-refractivity contribution in [3.05, 3.63) is 47.3 Å². The predicted molar refractivity (Wildman–Crippen MR) is 76.6 cm³/mol. The van der Waals surface area contributed by atoms with Gasteiger partial charge in [-0.1, -0.05) is 12.1 Å². The lowest BCUT2D eigenvalue weighted by molar-refractivity contribution is -0.0498. The Bertz CT molecular complexity index is 602. The summed E-state index contributed by atoms with van der Waals surface area (Å²) >= 11 is 0. The van der Waals surface area contributed by atoms with E-state index in [0.29, 0.717) is 5.95 Å². The van der Waals surface area contributed by atoms with Crippen molar-refractivity contribution in [3.8, 4) is 5.75 Å². The molecule has 0 amide bonds. The highest BCUT2D eigenvalue weighted by Crippen LogP contribution is 2.21. The van der Waals surface area contributed by atoms with Gasteiger partial charge in [-0.25, -0.2) is 9.97 Å². The molecule has 1 unspecified atom stereocenters. The monoisotopic (exact) mass is 293 g/mol. The van der Waals surface area contributed by atoms with Crippen LogP contribution in [-0.2, 0) is 0 Å². The molecule has 2 rings (SSSR count). The normalized spacial score (nSPS) is 12.3. The van der Waals surface area contributed by atoms with E-state index in [-0.39, 0.29) is 11.8 Å². The number of nitrogens with one attached hydrogen (secondary N) is 1. The van der Waals surface area contributed by atoms with Gasteiger partial charge in [-0.2, -0.15) is 8.78 Å². The first-order chi connectivity index (χ1) is 9.95. The van der Waals surface area contributed by atoms with Gasteiger partial charge in [0.25, 0.3) is 0 Å². The summed E-state index contributed by atoms with van der Waals surface area (Å²) in [6.45, 7) is 3.00. The Kier molecular flexibility index (Phi) is 4.67. The first-order valence-electron chi connectivity index (χ1n) is 6.57. The van der Waals surface area contributed by atoms with Crippen molar-refractivity contribution in [3.63, 3.8) is 0 Å². The Morgan fingerprint density at radius 1 is 1.14 bits per heavy atom. The maximum atomic E-state index is 12.1. The number of aryl methyl sites for hydroxylation is 2. The van der Waals surface area contributed by atoms with Crippen LogP contribution in [0.1, 0.15) is 29.8 Å². The van der Waals surface area contributed by atoms with E-state index in [1.54, 1.807) is 18.3 Å². The van der Waals surface area contributed by atoms with Gasteiger partial charge in [0.1, 0.15) is 5.75 Å². The first kappa shape index (κ1) is 15.2. The second-order valence-corrected chi connectivity index (χ2v) is 4.78. The van der Waals surface area contributed by atoms with E-state index in [4.69, 9.17) is 0 Å². The van der Waals surface area contributed by atoms with E-state index in [2.05, 4.69) is 20.0 Å². The third-order valence-electron chi connectivity index (χ3n) is 3.18. The summed E-state index contributed by atoms with van der Waals surface area (Å²) in [5.41, 5.74) is 2.88. The molecule has 6 heteroatoms. The fourth-order valence-corrected chi connectivity index (χ4v) is 1.81. The third kappa shape index (κ3) is 4.11. The number of hydrogen-bond acceptors (Lipinski definition) is 4. The van der Waals surface area contributed by atoms with Crippen molar-refractivity contribution in [1.29, 1.82) is 0 Å². The smallest absolute Gasteiger partial charge is 0.387 e.